The van der Waals surface area contributed by atoms with Gasteiger partial charge in [0.05, 0.1) is 18.9 Å². The number of hydrogen-bond acceptors (Lipinski definition) is 7. The smallest absolute Gasteiger partial charge is 0.264 e. The molecule has 6 nitrogen and oxygen atoms in total. The van der Waals surface area contributed by atoms with Crippen LogP contribution in [-0.4, -0.2) is 48.1 Å². The molecule has 0 bridgehead atoms. The summed E-state index contributed by atoms with van der Waals surface area (Å²) in [5, 5.41) is 5.80. The molecular weight excluding hydrogens is 442 g/mol. The Hall–Kier alpha value is -2.10. The Kier molecular flexibility index (Phi) is 7.24. The Morgan fingerprint density at radius 2 is 2.03 bits per heavy atom. The third-order valence-corrected chi connectivity index (χ3v) is 6.37. The summed E-state index contributed by atoms with van der Waals surface area (Å²) in [6.07, 6.45) is 0. The summed E-state index contributed by atoms with van der Waals surface area (Å²) >= 11 is 9.04. The highest BCUT2D eigenvalue weighted by atomic mass is 35.5. The number of carbonyl (C=O) groups excluding carboxylic acids is 1. The van der Waals surface area contributed by atoms with E-state index in [9.17, 15) is 4.79 Å². The fraction of sp³-hybridized carbons (Fsp3) is 0.238. The van der Waals surface area contributed by atoms with Crippen molar-refractivity contribution in [1.82, 2.24) is 9.29 Å². The van der Waals surface area contributed by atoms with Crippen molar-refractivity contribution < 1.29 is 14.3 Å². The lowest BCUT2D eigenvalue weighted by Gasteiger charge is -2.25. The van der Waals surface area contributed by atoms with E-state index in [4.69, 9.17) is 21.1 Å². The van der Waals surface area contributed by atoms with Crippen LogP contribution < -0.4 is 10.1 Å². The molecule has 0 spiro atoms. The topological polar surface area (TPSA) is 63.7 Å². The maximum atomic E-state index is 12.1. The predicted octanol–water partition coefficient (Wildman–Crippen LogP) is 4.82. The van der Waals surface area contributed by atoms with E-state index in [0.29, 0.717) is 15.9 Å². The molecule has 0 saturated carbocycles. The molecule has 1 aromatic heterocycles. The van der Waals surface area contributed by atoms with Gasteiger partial charge in [0.25, 0.3) is 5.91 Å². The number of nitrogens with zero attached hydrogens (tertiary/aromatic N) is 2. The van der Waals surface area contributed by atoms with E-state index in [1.54, 1.807) is 36.2 Å². The first kappa shape index (κ1) is 21.1. The number of ether oxygens (including phenoxy) is 2. The van der Waals surface area contributed by atoms with Crippen molar-refractivity contribution >= 4 is 45.9 Å². The molecule has 1 saturated heterocycles. The molecule has 2 heterocycles. The molecule has 1 aliphatic heterocycles. The van der Waals surface area contributed by atoms with Gasteiger partial charge in [0.2, 0.25) is 0 Å². The molecule has 0 unspecified atom stereocenters. The monoisotopic (exact) mass is 461 g/mol. The van der Waals surface area contributed by atoms with E-state index < -0.39 is 0 Å². The summed E-state index contributed by atoms with van der Waals surface area (Å²) in [6, 6.07) is 15.2. The maximum absolute atomic E-state index is 12.1. The summed E-state index contributed by atoms with van der Waals surface area (Å²) < 4.78 is 13.1. The molecule has 1 N–H and O–H groups in total. The largest absolute Gasteiger partial charge is 0.484 e. The minimum atomic E-state index is -0.270. The van der Waals surface area contributed by atoms with Gasteiger partial charge in [-0.2, -0.15) is 0 Å². The molecular formula is C21H20ClN3O3S2. The fourth-order valence-electron chi connectivity index (χ4n) is 2.80. The van der Waals surface area contributed by atoms with Crippen LogP contribution in [-0.2, 0) is 9.53 Å². The number of rotatable bonds is 7. The number of benzene rings is 2. The van der Waals surface area contributed by atoms with Crippen molar-refractivity contribution in [3.63, 3.8) is 0 Å². The summed E-state index contributed by atoms with van der Waals surface area (Å²) in [5.74, 6) is 0.278. The second-order valence-corrected chi connectivity index (χ2v) is 8.95. The highest BCUT2D eigenvalue weighted by Gasteiger charge is 2.13. The second kappa shape index (κ2) is 10.3. The maximum Gasteiger partial charge on any atom is 0.264 e. The summed E-state index contributed by atoms with van der Waals surface area (Å²) in [7, 11) is 0. The van der Waals surface area contributed by atoms with Gasteiger partial charge < -0.3 is 9.47 Å². The Morgan fingerprint density at radius 1 is 1.23 bits per heavy atom. The molecule has 1 aliphatic rings. The number of nitrogens with one attached hydrogen (secondary N) is 1. The van der Waals surface area contributed by atoms with Crippen LogP contribution in [0.3, 0.4) is 0 Å². The van der Waals surface area contributed by atoms with Crippen LogP contribution in [0.2, 0.25) is 5.02 Å². The van der Waals surface area contributed by atoms with Gasteiger partial charge in [0, 0.05) is 34.0 Å². The van der Waals surface area contributed by atoms with Gasteiger partial charge in [-0.1, -0.05) is 29.8 Å². The average Bonchev–Trinajstić information content (AvgIpc) is 3.22. The lowest BCUT2D eigenvalue weighted by atomic mass is 10.2. The minimum Gasteiger partial charge on any atom is -0.484 e. The zero-order chi connectivity index (χ0) is 20.8. The van der Waals surface area contributed by atoms with Crippen molar-refractivity contribution in [3.8, 4) is 17.0 Å². The van der Waals surface area contributed by atoms with E-state index in [0.717, 1.165) is 37.6 Å². The molecule has 4 rings (SSSR count). The Balaban J connectivity index is 1.30. The number of anilines is 1. The van der Waals surface area contributed by atoms with E-state index in [1.807, 2.05) is 17.5 Å². The number of aromatic nitrogens is 1. The van der Waals surface area contributed by atoms with Crippen LogP contribution in [0, 0.1) is 0 Å². The SMILES string of the molecule is O=C(COc1cccc(Cl)c1)Nc1nc(-c2ccc(SN3CCOCC3)cc2)cs1. The third-order valence-electron chi connectivity index (χ3n) is 4.27. The van der Waals surface area contributed by atoms with Crippen molar-refractivity contribution in [2.45, 2.75) is 4.90 Å². The van der Waals surface area contributed by atoms with Gasteiger partial charge in [0.15, 0.2) is 11.7 Å². The third kappa shape index (κ3) is 5.96. The quantitative estimate of drug-likeness (QED) is 0.509. The van der Waals surface area contributed by atoms with Crippen molar-refractivity contribution in [2.75, 3.05) is 38.2 Å². The Morgan fingerprint density at radius 3 is 2.80 bits per heavy atom. The highest BCUT2D eigenvalue weighted by molar-refractivity contribution is 7.97. The molecule has 3 aromatic rings. The van der Waals surface area contributed by atoms with E-state index in [2.05, 4.69) is 26.7 Å². The summed E-state index contributed by atoms with van der Waals surface area (Å²) in [4.78, 5) is 17.8. The second-order valence-electron chi connectivity index (χ2n) is 6.49. The summed E-state index contributed by atoms with van der Waals surface area (Å²) in [5.41, 5.74) is 1.84. The first-order chi connectivity index (χ1) is 14.7. The fourth-order valence-corrected chi connectivity index (χ4v) is 4.60. The van der Waals surface area contributed by atoms with Gasteiger partial charge in [-0.3, -0.25) is 10.1 Å². The lowest BCUT2D eigenvalue weighted by Crippen LogP contribution is -2.30. The van der Waals surface area contributed by atoms with E-state index in [1.165, 1.54) is 16.2 Å². The zero-order valence-corrected chi connectivity index (χ0v) is 18.4. The molecule has 9 heteroatoms. The summed E-state index contributed by atoms with van der Waals surface area (Å²) in [6.45, 7) is 3.32. The van der Waals surface area contributed by atoms with Crippen molar-refractivity contribution in [1.29, 1.82) is 0 Å². The van der Waals surface area contributed by atoms with Gasteiger partial charge in [-0.15, -0.1) is 11.3 Å². The van der Waals surface area contributed by atoms with E-state index >= 15 is 0 Å². The number of hydrogen-bond donors (Lipinski definition) is 1. The highest BCUT2D eigenvalue weighted by Crippen LogP contribution is 2.29. The van der Waals surface area contributed by atoms with Crippen LogP contribution in [0.25, 0.3) is 11.3 Å². The van der Waals surface area contributed by atoms with Crippen molar-refractivity contribution in [3.05, 3.63) is 58.9 Å². The number of thiazole rings is 1. The lowest BCUT2D eigenvalue weighted by molar-refractivity contribution is -0.118. The number of carbonyl (C=O) groups is 1. The van der Waals surface area contributed by atoms with Gasteiger partial charge in [-0.05, 0) is 42.3 Å². The number of amides is 1. The molecule has 2 aromatic carbocycles. The zero-order valence-electron chi connectivity index (χ0n) is 16.0. The molecule has 0 radical (unpaired) electrons. The van der Waals surface area contributed by atoms with Crippen LogP contribution in [0.5, 0.6) is 5.75 Å². The van der Waals surface area contributed by atoms with Crippen LogP contribution >= 0.6 is 34.9 Å². The first-order valence-electron chi connectivity index (χ1n) is 9.40. The molecule has 156 valence electrons. The predicted molar refractivity (Wildman–Crippen MR) is 121 cm³/mol. The van der Waals surface area contributed by atoms with Crippen LogP contribution in [0.4, 0.5) is 5.13 Å². The molecule has 0 atom stereocenters. The molecule has 1 fully saturated rings. The molecule has 1 amide bonds. The van der Waals surface area contributed by atoms with Crippen LogP contribution in [0.15, 0.2) is 58.8 Å². The molecule has 0 aliphatic carbocycles. The number of halogens is 1. The van der Waals surface area contributed by atoms with Gasteiger partial charge in [-0.25, -0.2) is 9.29 Å². The Bertz CT molecular complexity index is 991. The van der Waals surface area contributed by atoms with Gasteiger partial charge in [0.1, 0.15) is 5.75 Å². The minimum absolute atomic E-state index is 0.108. The van der Waals surface area contributed by atoms with Crippen molar-refractivity contribution in [2.24, 2.45) is 0 Å². The standard InChI is InChI=1S/C21H20ClN3O3S2/c22-16-2-1-3-17(12-16)28-13-20(26)24-21-23-19(14-29-21)15-4-6-18(7-5-15)30-25-8-10-27-11-9-25/h1-7,12,14H,8-11,13H2,(H,23,24,26). The van der Waals surface area contributed by atoms with E-state index in [-0.39, 0.29) is 12.5 Å². The van der Waals surface area contributed by atoms with Gasteiger partial charge >= 0.3 is 0 Å². The molecule has 30 heavy (non-hydrogen) atoms. The number of morpholine rings is 1. The normalized spacial score (nSPS) is 14.4. The Labute approximate surface area is 188 Å². The first-order valence-corrected chi connectivity index (χ1v) is 11.4. The average molecular weight is 462 g/mol. The van der Waals surface area contributed by atoms with Crippen LogP contribution in [0.1, 0.15) is 0 Å².